The van der Waals surface area contributed by atoms with E-state index in [0.717, 1.165) is 24.2 Å². The van der Waals surface area contributed by atoms with E-state index in [0.29, 0.717) is 5.41 Å². The van der Waals surface area contributed by atoms with Gasteiger partial charge in [0.05, 0.1) is 0 Å². The van der Waals surface area contributed by atoms with E-state index in [1.165, 1.54) is 67.2 Å². The number of rotatable bonds is 4. The van der Waals surface area contributed by atoms with Crippen molar-refractivity contribution in [3.8, 4) is 11.1 Å². The summed E-state index contributed by atoms with van der Waals surface area (Å²) in [4.78, 5) is 0. The molecule has 0 unspecified atom stereocenters. The van der Waals surface area contributed by atoms with E-state index in [9.17, 15) is 0 Å². The number of allylic oxidation sites excluding steroid dienone is 4. The molecule has 0 saturated heterocycles. The van der Waals surface area contributed by atoms with E-state index < -0.39 is 21.3 Å². The van der Waals surface area contributed by atoms with Crippen LogP contribution in [-0.2, 0) is 38.5 Å². The van der Waals surface area contributed by atoms with Crippen LogP contribution in [-0.4, -0.2) is 3.21 Å². The molecule has 248 valence electrons. The van der Waals surface area contributed by atoms with E-state index in [2.05, 4.69) is 121 Å². The van der Waals surface area contributed by atoms with E-state index in [4.69, 9.17) is 0 Å². The van der Waals surface area contributed by atoms with Crippen molar-refractivity contribution in [2.75, 3.05) is 0 Å². The average Bonchev–Trinajstić information content (AvgIpc) is 3.61. The third-order valence-corrected chi connectivity index (χ3v) is 20.3. The summed E-state index contributed by atoms with van der Waals surface area (Å²) in [6.07, 6.45) is 16.5. The summed E-state index contributed by atoms with van der Waals surface area (Å²) < 4.78 is 5.47. The maximum absolute atomic E-state index is 2.67. The van der Waals surface area contributed by atoms with Crippen LogP contribution in [0.4, 0.5) is 0 Å². The summed E-state index contributed by atoms with van der Waals surface area (Å²) in [5, 5.41) is 0. The third-order valence-electron chi connectivity index (χ3n) is 12.4. The van der Waals surface area contributed by atoms with Gasteiger partial charge in [0.15, 0.2) is 0 Å². The Morgan fingerprint density at radius 3 is 1.96 bits per heavy atom. The molecule has 3 aromatic carbocycles. The summed E-state index contributed by atoms with van der Waals surface area (Å²) in [6, 6.07) is 24.0. The number of hydrogen-bond acceptors (Lipinski definition) is 0. The van der Waals surface area contributed by atoms with Crippen molar-refractivity contribution in [2.45, 2.75) is 111 Å². The Balaban J connectivity index is 0.00000193. The second-order valence-corrected chi connectivity index (χ2v) is 24.0. The van der Waals surface area contributed by atoms with Crippen LogP contribution < -0.4 is 3.27 Å². The van der Waals surface area contributed by atoms with Crippen molar-refractivity contribution >= 4 is 31.3 Å². The molecule has 4 bridgehead atoms. The molecule has 6 aliphatic carbocycles. The second kappa shape index (κ2) is 12.7. The molecule has 4 fully saturated rings. The zero-order valence-corrected chi connectivity index (χ0v) is 33.7. The summed E-state index contributed by atoms with van der Waals surface area (Å²) in [5.74, 6) is 2.92. The van der Waals surface area contributed by atoms with Crippen LogP contribution in [0.3, 0.4) is 0 Å². The van der Waals surface area contributed by atoms with Crippen LogP contribution >= 0.6 is 24.8 Å². The first-order valence-corrected chi connectivity index (χ1v) is 21.6. The van der Waals surface area contributed by atoms with Gasteiger partial charge in [0.1, 0.15) is 0 Å². The van der Waals surface area contributed by atoms with E-state index >= 15 is 0 Å². The van der Waals surface area contributed by atoms with Gasteiger partial charge in [0.2, 0.25) is 0 Å². The molecular formula is C44H54Cl2Zr. The SMILES string of the molecule is C/[C](c1ccccc1)=[Zr](\[C]1=C(C23CC4CC(CC(C4)C2)C3)C=CC1)[c]1c(C(C)(C)C)ccc2c1Cc1cc(C(C)(C)C)ccc1-2.Cl.Cl. The van der Waals surface area contributed by atoms with Crippen molar-refractivity contribution in [3.05, 3.63) is 109 Å². The number of benzene rings is 3. The molecule has 4 saturated carbocycles. The van der Waals surface area contributed by atoms with Gasteiger partial charge in [-0.2, -0.15) is 0 Å². The molecule has 9 rings (SSSR count). The van der Waals surface area contributed by atoms with Crippen LogP contribution in [0.25, 0.3) is 11.1 Å². The largest absolute Gasteiger partial charge is 0.147 e. The fourth-order valence-electron chi connectivity index (χ4n) is 10.7. The zero-order valence-electron chi connectivity index (χ0n) is 29.6. The van der Waals surface area contributed by atoms with E-state index in [-0.39, 0.29) is 35.6 Å². The van der Waals surface area contributed by atoms with Gasteiger partial charge < -0.3 is 0 Å². The first-order valence-electron chi connectivity index (χ1n) is 17.9. The molecule has 0 heterocycles. The molecule has 0 atom stereocenters. The van der Waals surface area contributed by atoms with Gasteiger partial charge in [-0.15, -0.1) is 24.8 Å². The Morgan fingerprint density at radius 2 is 1.36 bits per heavy atom. The predicted octanol–water partition coefficient (Wildman–Crippen LogP) is 11.6. The van der Waals surface area contributed by atoms with Crippen LogP contribution in [0.2, 0.25) is 0 Å². The minimum atomic E-state index is -2.65. The van der Waals surface area contributed by atoms with Gasteiger partial charge >= 0.3 is 282 Å². The van der Waals surface area contributed by atoms with Crippen molar-refractivity contribution in [1.82, 2.24) is 0 Å². The van der Waals surface area contributed by atoms with Gasteiger partial charge in [-0.1, -0.05) is 0 Å². The molecule has 0 N–H and O–H groups in total. The predicted molar refractivity (Wildman–Crippen MR) is 204 cm³/mol. The van der Waals surface area contributed by atoms with Gasteiger partial charge in [-0.05, 0) is 0 Å². The summed E-state index contributed by atoms with van der Waals surface area (Å²) >= 11 is -2.65. The van der Waals surface area contributed by atoms with Gasteiger partial charge in [-0.3, -0.25) is 0 Å². The van der Waals surface area contributed by atoms with Crippen LogP contribution in [0, 0.1) is 23.2 Å². The quantitative estimate of drug-likeness (QED) is 0.195. The number of hydrogen-bond donors (Lipinski definition) is 0. The Morgan fingerprint density at radius 1 is 0.745 bits per heavy atom. The fourth-order valence-corrected chi connectivity index (χ4v) is 20.0. The Hall–Kier alpha value is -1.53. The van der Waals surface area contributed by atoms with Gasteiger partial charge in [-0.25, -0.2) is 0 Å². The molecule has 47 heavy (non-hydrogen) atoms. The first-order chi connectivity index (χ1) is 21.4. The maximum atomic E-state index is 2.67. The monoisotopic (exact) mass is 742 g/mol. The summed E-state index contributed by atoms with van der Waals surface area (Å²) in [7, 11) is 0. The van der Waals surface area contributed by atoms with Crippen molar-refractivity contribution in [3.63, 3.8) is 0 Å². The van der Waals surface area contributed by atoms with Crippen LogP contribution in [0.15, 0.2) is 81.7 Å². The second-order valence-electron chi connectivity index (χ2n) is 17.6. The van der Waals surface area contributed by atoms with Crippen LogP contribution in [0.1, 0.15) is 121 Å². The molecule has 0 nitrogen and oxygen atoms in total. The molecule has 0 amide bonds. The number of halogens is 2. The maximum Gasteiger partial charge on any atom is -0.147 e. The minimum Gasteiger partial charge on any atom is -0.147 e. The minimum absolute atomic E-state index is 0. The molecular weight excluding hydrogens is 691 g/mol. The third kappa shape index (κ3) is 6.02. The molecule has 0 aliphatic heterocycles. The molecule has 0 spiro atoms. The van der Waals surface area contributed by atoms with E-state index in [1.807, 2.05) is 12.1 Å². The standard InChI is InChI=1S/C21H25.C15H19.C8H8.2ClH.Zr/c1-20(2,3)16-7-9-18-14(12-16)11-15-13-17(21(4,5)6)8-10-19(15)18;1-2-4-14(3-1)15-8-11-5-12(9-15)7-13(6-11)10-15;1-2-8-6-4-3-5-7-8;;;/h7-10,12H,11H2,1-6H3;1,3,11-13H,2,5-10H2;3-7H,1H3;2*1H;. The molecule has 3 aromatic rings. The normalized spacial score (nSPS) is 26.1. The van der Waals surface area contributed by atoms with Crippen molar-refractivity contribution in [2.24, 2.45) is 23.2 Å². The summed E-state index contributed by atoms with van der Waals surface area (Å²) in [6.45, 7) is 17.0. The molecule has 0 aromatic heterocycles. The molecule has 3 heteroatoms. The molecule has 6 aliphatic rings. The zero-order chi connectivity index (χ0) is 31.3. The topological polar surface area (TPSA) is 0 Å². The van der Waals surface area contributed by atoms with E-state index in [1.54, 1.807) is 19.9 Å². The Bertz CT molecular complexity index is 1760. The van der Waals surface area contributed by atoms with Crippen molar-refractivity contribution in [1.29, 1.82) is 0 Å². The fraction of sp³-hybridized carbons (Fsp3) is 0.477. The first kappa shape index (κ1) is 35.3. The van der Waals surface area contributed by atoms with Gasteiger partial charge in [0.25, 0.3) is 0 Å². The van der Waals surface area contributed by atoms with Gasteiger partial charge in [0, 0.05) is 0 Å². The smallest absolute Gasteiger partial charge is 0.147 e. The Labute approximate surface area is 304 Å². The van der Waals surface area contributed by atoms with Crippen LogP contribution in [0.5, 0.6) is 0 Å². The molecule has 0 radical (unpaired) electrons. The Kier molecular flexibility index (Phi) is 9.51. The average molecular weight is 745 g/mol. The van der Waals surface area contributed by atoms with Crippen molar-refractivity contribution < 1.29 is 21.3 Å². The number of fused-ring (bicyclic) bond motifs is 3. The summed E-state index contributed by atoms with van der Waals surface area (Å²) in [5.41, 5.74) is 13.4.